The molecule has 0 aliphatic carbocycles. The molecule has 0 aromatic heterocycles. The minimum Gasteiger partial charge on any atom is -0.294 e. The van der Waals surface area contributed by atoms with Crippen LogP contribution in [0, 0.1) is 6.92 Å². The van der Waals surface area contributed by atoms with Gasteiger partial charge in [-0.2, -0.15) is 0 Å². The predicted molar refractivity (Wildman–Crippen MR) is 74.8 cm³/mol. The number of Topliss-reactive ketones (excluding diaryl/α,β-unsaturated/α-hetero) is 3. The van der Waals surface area contributed by atoms with Gasteiger partial charge in [0.25, 0.3) is 0 Å². The number of hydrogen-bond acceptors (Lipinski definition) is 3. The second kappa shape index (κ2) is 6.41. The lowest BCUT2D eigenvalue weighted by Crippen LogP contribution is -2.13. The highest BCUT2D eigenvalue weighted by Gasteiger charge is 2.21. The molecule has 19 heavy (non-hydrogen) atoms. The number of carbonyl (C=O) groups is 3. The lowest BCUT2D eigenvalue weighted by Gasteiger charge is -2.13. The summed E-state index contributed by atoms with van der Waals surface area (Å²) in [5.41, 5.74) is 1.52. The van der Waals surface area contributed by atoms with Crippen molar-refractivity contribution in [3.8, 4) is 0 Å². The van der Waals surface area contributed by atoms with Gasteiger partial charge in [-0.05, 0) is 18.6 Å². The van der Waals surface area contributed by atoms with Crippen LogP contribution in [0.3, 0.4) is 0 Å². The molecule has 0 fully saturated rings. The van der Waals surface area contributed by atoms with Crippen LogP contribution in [0.1, 0.15) is 76.7 Å². The summed E-state index contributed by atoms with van der Waals surface area (Å²) in [6.07, 6.45) is 0.962. The highest BCUT2D eigenvalue weighted by Crippen LogP contribution is 2.23. The van der Waals surface area contributed by atoms with Crippen LogP contribution in [-0.2, 0) is 0 Å². The molecule has 0 atom stereocenters. The highest BCUT2D eigenvalue weighted by molar-refractivity contribution is 6.12. The Morgan fingerprint density at radius 3 is 1.74 bits per heavy atom. The second-order valence-corrected chi connectivity index (χ2v) is 4.34. The molecule has 1 rings (SSSR count). The predicted octanol–water partition coefficient (Wildman–Crippen LogP) is 3.65. The first-order valence-corrected chi connectivity index (χ1v) is 6.56. The summed E-state index contributed by atoms with van der Waals surface area (Å²) in [5, 5.41) is 0. The van der Waals surface area contributed by atoms with E-state index in [4.69, 9.17) is 0 Å². The SMILES string of the molecule is [CH2]c1c(C(=O)CC)ccc(C(=O)CC)c1C(=O)CC. The lowest BCUT2D eigenvalue weighted by atomic mass is 9.89. The summed E-state index contributed by atoms with van der Waals surface area (Å²) in [5.74, 6) is -0.310. The number of carbonyl (C=O) groups excluding carboxylic acids is 3. The zero-order valence-electron chi connectivity index (χ0n) is 11.7. The largest absolute Gasteiger partial charge is 0.294 e. The molecule has 3 nitrogen and oxygen atoms in total. The first kappa shape index (κ1) is 15.3. The molecular weight excluding hydrogens is 240 g/mol. The molecule has 0 aliphatic heterocycles. The third-order valence-corrected chi connectivity index (χ3v) is 3.16. The van der Waals surface area contributed by atoms with Gasteiger partial charge < -0.3 is 0 Å². The standard InChI is InChI=1S/C16H19O3/c1-5-13(17)11-8-9-12(14(18)6-2)16(10(11)4)15(19)7-3/h8-9H,4-7H2,1-3H3. The van der Waals surface area contributed by atoms with Crippen molar-refractivity contribution in [1.29, 1.82) is 0 Å². The number of hydrogen-bond donors (Lipinski definition) is 0. The third-order valence-electron chi connectivity index (χ3n) is 3.16. The van der Waals surface area contributed by atoms with Gasteiger partial charge in [0.15, 0.2) is 17.3 Å². The van der Waals surface area contributed by atoms with Crippen molar-refractivity contribution in [3.63, 3.8) is 0 Å². The maximum atomic E-state index is 12.0. The molecule has 0 spiro atoms. The molecule has 1 radical (unpaired) electrons. The molecule has 0 N–H and O–H groups in total. The molecule has 1 aromatic carbocycles. The van der Waals surface area contributed by atoms with Crippen molar-refractivity contribution in [2.75, 3.05) is 0 Å². The minimum atomic E-state index is -0.146. The summed E-state index contributed by atoms with van der Waals surface area (Å²) in [6, 6.07) is 3.18. The van der Waals surface area contributed by atoms with Crippen molar-refractivity contribution < 1.29 is 14.4 Å². The molecule has 0 heterocycles. The van der Waals surface area contributed by atoms with Gasteiger partial charge in [0.1, 0.15) is 0 Å². The molecule has 0 aliphatic rings. The van der Waals surface area contributed by atoms with Crippen molar-refractivity contribution in [3.05, 3.63) is 41.3 Å². The Morgan fingerprint density at radius 1 is 0.842 bits per heavy atom. The van der Waals surface area contributed by atoms with E-state index in [1.165, 1.54) is 0 Å². The normalized spacial score (nSPS) is 10.3. The molecule has 3 heteroatoms. The summed E-state index contributed by atoms with van der Waals surface area (Å²) in [7, 11) is 0. The van der Waals surface area contributed by atoms with E-state index in [9.17, 15) is 14.4 Å². The first-order valence-electron chi connectivity index (χ1n) is 6.56. The van der Waals surface area contributed by atoms with Crippen molar-refractivity contribution in [2.45, 2.75) is 40.0 Å². The van der Waals surface area contributed by atoms with Crippen LogP contribution in [0.25, 0.3) is 0 Å². The molecule has 1 aromatic rings. The molecule has 0 amide bonds. The Morgan fingerprint density at radius 2 is 1.26 bits per heavy atom. The van der Waals surface area contributed by atoms with E-state index in [2.05, 4.69) is 6.92 Å². The smallest absolute Gasteiger partial charge is 0.163 e. The topological polar surface area (TPSA) is 51.2 Å². The van der Waals surface area contributed by atoms with Crippen LogP contribution >= 0.6 is 0 Å². The maximum absolute atomic E-state index is 12.0. The Labute approximate surface area is 114 Å². The zero-order valence-corrected chi connectivity index (χ0v) is 11.7. The van der Waals surface area contributed by atoms with Gasteiger partial charge >= 0.3 is 0 Å². The average molecular weight is 259 g/mol. The summed E-state index contributed by atoms with van der Waals surface area (Å²) in [4.78, 5) is 35.7. The second-order valence-electron chi connectivity index (χ2n) is 4.34. The monoisotopic (exact) mass is 259 g/mol. The van der Waals surface area contributed by atoms with Gasteiger partial charge in [0, 0.05) is 36.0 Å². The van der Waals surface area contributed by atoms with Crippen molar-refractivity contribution in [2.24, 2.45) is 0 Å². The minimum absolute atomic E-state index is 0.0642. The molecule has 0 unspecified atom stereocenters. The van der Waals surface area contributed by atoms with E-state index in [-0.39, 0.29) is 23.8 Å². The number of ketones is 3. The van der Waals surface area contributed by atoms with Gasteiger partial charge in [0.05, 0.1) is 0 Å². The molecular formula is C16H19O3. The van der Waals surface area contributed by atoms with Gasteiger partial charge in [0.2, 0.25) is 0 Å². The van der Waals surface area contributed by atoms with Crippen molar-refractivity contribution >= 4 is 17.3 Å². The number of benzene rings is 1. The van der Waals surface area contributed by atoms with Gasteiger partial charge in [-0.15, -0.1) is 0 Å². The maximum Gasteiger partial charge on any atom is 0.163 e. The Hall–Kier alpha value is -1.77. The molecule has 101 valence electrons. The van der Waals surface area contributed by atoms with Crippen LogP contribution in [-0.4, -0.2) is 17.3 Å². The lowest BCUT2D eigenvalue weighted by molar-refractivity contribution is 0.0953. The van der Waals surface area contributed by atoms with Crippen LogP contribution in [0.15, 0.2) is 12.1 Å². The van der Waals surface area contributed by atoms with Crippen LogP contribution in [0.4, 0.5) is 0 Å². The summed E-state index contributed by atoms with van der Waals surface area (Å²) in [6.45, 7) is 9.08. The van der Waals surface area contributed by atoms with E-state index in [0.717, 1.165) is 0 Å². The average Bonchev–Trinajstić information content (AvgIpc) is 2.44. The molecule has 0 saturated heterocycles. The molecule has 0 bridgehead atoms. The van der Waals surface area contributed by atoms with E-state index in [1.54, 1.807) is 32.9 Å². The van der Waals surface area contributed by atoms with Crippen molar-refractivity contribution in [1.82, 2.24) is 0 Å². The Balaban J connectivity index is 3.53. The fraction of sp³-hybridized carbons (Fsp3) is 0.375. The first-order chi connectivity index (χ1) is 8.97. The fourth-order valence-electron chi connectivity index (χ4n) is 2.02. The fourth-order valence-corrected chi connectivity index (χ4v) is 2.02. The van der Waals surface area contributed by atoms with Gasteiger partial charge in [-0.25, -0.2) is 0 Å². The van der Waals surface area contributed by atoms with Crippen LogP contribution in [0.5, 0.6) is 0 Å². The molecule has 0 saturated carbocycles. The van der Waals surface area contributed by atoms with E-state index >= 15 is 0 Å². The van der Waals surface area contributed by atoms with E-state index in [1.807, 2.05) is 0 Å². The van der Waals surface area contributed by atoms with Crippen LogP contribution in [0.2, 0.25) is 0 Å². The third kappa shape index (κ3) is 2.98. The summed E-state index contributed by atoms with van der Waals surface area (Å²) >= 11 is 0. The van der Waals surface area contributed by atoms with Gasteiger partial charge in [-0.3, -0.25) is 14.4 Å². The van der Waals surface area contributed by atoms with Gasteiger partial charge in [-0.1, -0.05) is 26.8 Å². The zero-order chi connectivity index (χ0) is 14.6. The quantitative estimate of drug-likeness (QED) is 0.733. The van der Waals surface area contributed by atoms with E-state index < -0.39 is 0 Å². The summed E-state index contributed by atoms with van der Waals surface area (Å²) < 4.78 is 0. The number of rotatable bonds is 6. The highest BCUT2D eigenvalue weighted by atomic mass is 16.1. The van der Waals surface area contributed by atoms with E-state index in [0.29, 0.717) is 35.1 Å². The Bertz CT molecular complexity index is 527. The Kier molecular flexibility index (Phi) is 5.16. The van der Waals surface area contributed by atoms with Crippen LogP contribution < -0.4 is 0 Å².